The van der Waals surface area contributed by atoms with Crippen LogP contribution in [-0.4, -0.2) is 42.5 Å². The summed E-state index contributed by atoms with van der Waals surface area (Å²) in [5, 5.41) is 2.92. The third-order valence-corrected chi connectivity index (χ3v) is 5.54. The fraction of sp³-hybridized carbons (Fsp3) is 0.455. The van der Waals surface area contributed by atoms with E-state index in [1.165, 1.54) is 23.8 Å². The van der Waals surface area contributed by atoms with Crippen LogP contribution in [0.4, 0.5) is 0 Å². The number of hydrogen-bond donors (Lipinski definition) is 1. The van der Waals surface area contributed by atoms with E-state index in [4.69, 9.17) is 9.15 Å². The summed E-state index contributed by atoms with van der Waals surface area (Å²) in [7, 11) is 0. The van der Waals surface area contributed by atoms with E-state index in [1.54, 1.807) is 17.0 Å². The second kappa shape index (κ2) is 8.50. The zero-order chi connectivity index (χ0) is 19.3. The van der Waals surface area contributed by atoms with Crippen molar-refractivity contribution in [2.24, 2.45) is 0 Å². The van der Waals surface area contributed by atoms with E-state index >= 15 is 0 Å². The molecule has 2 aromatic rings. The molecule has 1 aliphatic carbocycles. The molecular formula is C22H26N2O4. The number of ether oxygens (including phenoxy) is 1. The molecule has 1 saturated heterocycles. The predicted octanol–water partition coefficient (Wildman–Crippen LogP) is 2.96. The van der Waals surface area contributed by atoms with E-state index in [-0.39, 0.29) is 17.6 Å². The first-order valence-corrected chi connectivity index (χ1v) is 10.1. The third kappa shape index (κ3) is 4.06. The number of carbonyl (C=O) groups is 2. The molecule has 0 spiro atoms. The van der Waals surface area contributed by atoms with Crippen LogP contribution in [0.5, 0.6) is 5.75 Å². The van der Waals surface area contributed by atoms with Crippen molar-refractivity contribution in [3.8, 4) is 5.75 Å². The van der Waals surface area contributed by atoms with Crippen LogP contribution in [-0.2, 0) is 17.6 Å². The Labute approximate surface area is 164 Å². The normalized spacial score (nSPS) is 18.6. The van der Waals surface area contributed by atoms with Crippen LogP contribution in [0.25, 0.3) is 0 Å². The maximum Gasteiger partial charge on any atom is 0.290 e. The maximum absolute atomic E-state index is 12.7. The summed E-state index contributed by atoms with van der Waals surface area (Å²) in [5.41, 5.74) is 2.79. The summed E-state index contributed by atoms with van der Waals surface area (Å²) >= 11 is 0. The van der Waals surface area contributed by atoms with Gasteiger partial charge in [-0.2, -0.15) is 0 Å². The fourth-order valence-electron chi connectivity index (χ4n) is 4.09. The smallest absolute Gasteiger partial charge is 0.290 e. The summed E-state index contributed by atoms with van der Waals surface area (Å²) in [6, 6.07) is 9.10. The highest BCUT2D eigenvalue weighted by Gasteiger charge is 2.33. The second-order valence-corrected chi connectivity index (χ2v) is 7.41. The lowest BCUT2D eigenvalue weighted by Crippen LogP contribution is -2.52. The lowest BCUT2D eigenvalue weighted by molar-refractivity contribution is -0.126. The van der Waals surface area contributed by atoms with Crippen molar-refractivity contribution >= 4 is 11.8 Å². The Morgan fingerprint density at radius 3 is 2.89 bits per heavy atom. The van der Waals surface area contributed by atoms with Gasteiger partial charge in [0.1, 0.15) is 18.4 Å². The Morgan fingerprint density at radius 2 is 2.04 bits per heavy atom. The first-order valence-electron chi connectivity index (χ1n) is 10.1. The Balaban J connectivity index is 1.28. The minimum Gasteiger partial charge on any atom is -0.492 e. The van der Waals surface area contributed by atoms with Gasteiger partial charge in [-0.15, -0.1) is 0 Å². The van der Waals surface area contributed by atoms with Gasteiger partial charge < -0.3 is 19.4 Å². The Kier molecular flexibility index (Phi) is 5.65. The van der Waals surface area contributed by atoms with Gasteiger partial charge >= 0.3 is 0 Å². The minimum absolute atomic E-state index is 0.128. The summed E-state index contributed by atoms with van der Waals surface area (Å²) in [4.78, 5) is 26.9. The molecule has 6 nitrogen and oxygen atoms in total. The number of carbonyl (C=O) groups excluding carboxylic acids is 2. The highest BCUT2D eigenvalue weighted by atomic mass is 16.5. The molecule has 2 aliphatic rings. The van der Waals surface area contributed by atoms with E-state index in [2.05, 4.69) is 17.4 Å². The summed E-state index contributed by atoms with van der Waals surface area (Å²) in [6.45, 7) is 1.39. The van der Waals surface area contributed by atoms with Crippen molar-refractivity contribution in [2.75, 3.05) is 19.7 Å². The first kappa shape index (κ1) is 18.6. The van der Waals surface area contributed by atoms with Crippen LogP contribution in [0.1, 0.15) is 47.4 Å². The molecule has 1 fully saturated rings. The standard InChI is InChI=1S/C22H26N2O4/c25-21(19-7-1-2-12-24(19)22(26)20-8-4-13-28-20)23-11-14-27-18-10-9-16-5-3-6-17(16)15-18/h4,8-10,13,15,19H,1-3,5-7,11-12,14H2,(H,23,25). The van der Waals surface area contributed by atoms with Gasteiger partial charge in [0.2, 0.25) is 5.91 Å². The van der Waals surface area contributed by atoms with Gasteiger partial charge in [-0.05, 0) is 73.9 Å². The lowest BCUT2D eigenvalue weighted by Gasteiger charge is -2.34. The molecule has 1 unspecified atom stereocenters. The van der Waals surface area contributed by atoms with Crippen molar-refractivity contribution in [2.45, 2.75) is 44.6 Å². The second-order valence-electron chi connectivity index (χ2n) is 7.41. The number of rotatable bonds is 6. The number of likely N-dealkylation sites (tertiary alicyclic amines) is 1. The van der Waals surface area contributed by atoms with Gasteiger partial charge in [0.05, 0.1) is 12.8 Å². The van der Waals surface area contributed by atoms with E-state index in [0.29, 0.717) is 26.1 Å². The molecule has 0 radical (unpaired) electrons. The molecular weight excluding hydrogens is 356 g/mol. The van der Waals surface area contributed by atoms with Gasteiger partial charge in [-0.3, -0.25) is 9.59 Å². The predicted molar refractivity (Wildman–Crippen MR) is 104 cm³/mol. The molecule has 4 rings (SSSR count). The number of piperidine rings is 1. The van der Waals surface area contributed by atoms with Crippen LogP contribution in [0, 0.1) is 0 Å². The third-order valence-electron chi connectivity index (χ3n) is 5.54. The molecule has 1 N–H and O–H groups in total. The molecule has 1 aliphatic heterocycles. The van der Waals surface area contributed by atoms with Gasteiger partial charge in [0.25, 0.3) is 5.91 Å². The quantitative estimate of drug-likeness (QED) is 0.780. The fourth-order valence-corrected chi connectivity index (χ4v) is 4.09. The van der Waals surface area contributed by atoms with Crippen molar-refractivity contribution in [1.29, 1.82) is 0 Å². The molecule has 0 saturated carbocycles. The van der Waals surface area contributed by atoms with Crippen LogP contribution in [0.3, 0.4) is 0 Å². The van der Waals surface area contributed by atoms with Crippen molar-refractivity contribution in [3.63, 3.8) is 0 Å². The molecule has 28 heavy (non-hydrogen) atoms. The summed E-state index contributed by atoms with van der Waals surface area (Å²) < 4.78 is 11.0. The topological polar surface area (TPSA) is 71.8 Å². The van der Waals surface area contributed by atoms with Crippen molar-refractivity contribution in [1.82, 2.24) is 10.2 Å². The average molecular weight is 382 g/mol. The molecule has 2 heterocycles. The number of amides is 2. The Bertz CT molecular complexity index is 831. The molecule has 2 amide bonds. The van der Waals surface area contributed by atoms with Gasteiger partial charge in [-0.25, -0.2) is 0 Å². The molecule has 1 atom stereocenters. The van der Waals surface area contributed by atoms with Crippen LogP contribution in [0.2, 0.25) is 0 Å². The number of fused-ring (bicyclic) bond motifs is 1. The first-order chi connectivity index (χ1) is 13.7. The molecule has 6 heteroatoms. The van der Waals surface area contributed by atoms with Gasteiger partial charge in [-0.1, -0.05) is 6.07 Å². The maximum atomic E-state index is 12.7. The number of nitrogens with zero attached hydrogens (tertiary/aromatic N) is 1. The van der Waals surface area contributed by atoms with Gasteiger partial charge in [0.15, 0.2) is 5.76 Å². The zero-order valence-electron chi connectivity index (χ0n) is 16.0. The van der Waals surface area contributed by atoms with E-state index in [0.717, 1.165) is 31.4 Å². The Morgan fingerprint density at radius 1 is 1.14 bits per heavy atom. The van der Waals surface area contributed by atoms with Crippen molar-refractivity contribution < 1.29 is 18.7 Å². The minimum atomic E-state index is -0.452. The van der Waals surface area contributed by atoms with Crippen LogP contribution < -0.4 is 10.1 Å². The molecule has 148 valence electrons. The SMILES string of the molecule is O=C(NCCOc1ccc2c(c1)CCC2)C1CCCCN1C(=O)c1ccco1. The highest BCUT2D eigenvalue weighted by molar-refractivity contribution is 5.95. The van der Waals surface area contributed by atoms with Gasteiger partial charge in [0, 0.05) is 6.54 Å². The molecule has 0 bridgehead atoms. The molecule has 1 aromatic carbocycles. The summed E-state index contributed by atoms with van der Waals surface area (Å²) in [6.07, 6.45) is 7.46. The Hall–Kier alpha value is -2.76. The zero-order valence-corrected chi connectivity index (χ0v) is 16.0. The number of furan rings is 1. The molecule has 1 aromatic heterocycles. The lowest BCUT2D eigenvalue weighted by atomic mass is 10.0. The van der Waals surface area contributed by atoms with E-state index in [9.17, 15) is 9.59 Å². The largest absolute Gasteiger partial charge is 0.492 e. The van der Waals surface area contributed by atoms with Crippen LogP contribution >= 0.6 is 0 Å². The number of aryl methyl sites for hydroxylation is 2. The van der Waals surface area contributed by atoms with Crippen LogP contribution in [0.15, 0.2) is 41.0 Å². The number of hydrogen-bond acceptors (Lipinski definition) is 4. The highest BCUT2D eigenvalue weighted by Crippen LogP contribution is 2.26. The number of nitrogens with one attached hydrogen (secondary N) is 1. The van der Waals surface area contributed by atoms with Crippen molar-refractivity contribution in [3.05, 3.63) is 53.5 Å². The summed E-state index contributed by atoms with van der Waals surface area (Å²) in [5.74, 6) is 0.776. The monoisotopic (exact) mass is 382 g/mol. The van der Waals surface area contributed by atoms with E-state index < -0.39 is 6.04 Å². The number of benzene rings is 1. The average Bonchev–Trinajstić information content (AvgIpc) is 3.42. The van der Waals surface area contributed by atoms with E-state index in [1.807, 2.05) is 6.07 Å².